The quantitative estimate of drug-likeness (QED) is 0.841. The zero-order valence-corrected chi connectivity index (χ0v) is 15.7. The highest BCUT2D eigenvalue weighted by molar-refractivity contribution is 6.04. The lowest BCUT2D eigenvalue weighted by Gasteiger charge is -2.43. The fraction of sp³-hybridized carbons (Fsp3) is 0.364. The molecular formula is C22H25N3O2. The minimum atomic E-state index is -0.611. The van der Waals surface area contributed by atoms with Gasteiger partial charge in [-0.2, -0.15) is 0 Å². The molecule has 0 aliphatic carbocycles. The van der Waals surface area contributed by atoms with Crippen LogP contribution in [-0.2, 0) is 16.1 Å². The van der Waals surface area contributed by atoms with Crippen LogP contribution in [0.5, 0.6) is 0 Å². The molecule has 27 heavy (non-hydrogen) atoms. The summed E-state index contributed by atoms with van der Waals surface area (Å²) < 4.78 is 0. The standard InChI is InChI=1S/C22H25N3O2/c1-18(26)24-17-25(20-10-6-3-7-11-20)22(21(24)27)12-14-23(15-13-22)16-19-8-4-2-5-9-19/h2-11H,12-17H2,1H3. The van der Waals surface area contributed by atoms with E-state index in [0.29, 0.717) is 6.67 Å². The maximum Gasteiger partial charge on any atom is 0.256 e. The van der Waals surface area contributed by atoms with Gasteiger partial charge in [-0.15, -0.1) is 0 Å². The molecule has 0 aromatic heterocycles. The van der Waals surface area contributed by atoms with Crippen LogP contribution in [0.4, 0.5) is 5.69 Å². The Balaban J connectivity index is 1.56. The summed E-state index contributed by atoms with van der Waals surface area (Å²) >= 11 is 0. The Labute approximate surface area is 160 Å². The zero-order valence-electron chi connectivity index (χ0n) is 15.7. The van der Waals surface area contributed by atoms with E-state index in [1.165, 1.54) is 17.4 Å². The summed E-state index contributed by atoms with van der Waals surface area (Å²) in [4.78, 5) is 31.2. The molecule has 2 amide bonds. The molecule has 5 nitrogen and oxygen atoms in total. The lowest BCUT2D eigenvalue weighted by Crippen LogP contribution is -2.56. The summed E-state index contributed by atoms with van der Waals surface area (Å²) in [5.41, 5.74) is 1.68. The number of carbonyl (C=O) groups is 2. The Morgan fingerprint density at radius 2 is 1.56 bits per heavy atom. The molecule has 1 spiro atoms. The summed E-state index contributed by atoms with van der Waals surface area (Å²) in [6.07, 6.45) is 1.47. The number of benzene rings is 2. The SMILES string of the molecule is CC(=O)N1CN(c2ccccc2)C2(CCN(Cc3ccccc3)CC2)C1=O. The van der Waals surface area contributed by atoms with Crippen molar-refractivity contribution < 1.29 is 9.59 Å². The fourth-order valence-corrected chi connectivity index (χ4v) is 4.29. The maximum atomic E-state index is 13.2. The van der Waals surface area contributed by atoms with Crippen LogP contribution in [0.2, 0.25) is 0 Å². The molecule has 0 unspecified atom stereocenters. The van der Waals surface area contributed by atoms with E-state index < -0.39 is 5.54 Å². The van der Waals surface area contributed by atoms with Crippen molar-refractivity contribution in [2.75, 3.05) is 24.7 Å². The first-order chi connectivity index (χ1) is 13.1. The van der Waals surface area contributed by atoms with Gasteiger partial charge in [-0.25, -0.2) is 0 Å². The molecule has 0 saturated carbocycles. The largest absolute Gasteiger partial charge is 0.338 e. The maximum absolute atomic E-state index is 13.2. The van der Waals surface area contributed by atoms with E-state index in [9.17, 15) is 9.59 Å². The van der Waals surface area contributed by atoms with E-state index in [-0.39, 0.29) is 11.8 Å². The molecule has 0 radical (unpaired) electrons. The summed E-state index contributed by atoms with van der Waals surface area (Å²) in [6.45, 7) is 4.40. The molecule has 0 atom stereocenters. The van der Waals surface area contributed by atoms with Crippen LogP contribution >= 0.6 is 0 Å². The van der Waals surface area contributed by atoms with Gasteiger partial charge in [0.1, 0.15) is 12.2 Å². The molecular weight excluding hydrogens is 338 g/mol. The number of nitrogens with zero attached hydrogens (tertiary/aromatic N) is 3. The molecule has 2 aliphatic rings. The first-order valence-electron chi connectivity index (χ1n) is 9.52. The Morgan fingerprint density at radius 1 is 0.963 bits per heavy atom. The van der Waals surface area contributed by atoms with Crippen molar-refractivity contribution in [2.24, 2.45) is 0 Å². The minimum Gasteiger partial charge on any atom is -0.338 e. The Kier molecular flexibility index (Phi) is 4.70. The smallest absolute Gasteiger partial charge is 0.256 e. The van der Waals surface area contributed by atoms with Gasteiger partial charge in [0.05, 0.1) is 0 Å². The highest BCUT2D eigenvalue weighted by Crippen LogP contribution is 2.39. The second-order valence-electron chi connectivity index (χ2n) is 7.45. The molecule has 2 aliphatic heterocycles. The predicted molar refractivity (Wildman–Crippen MR) is 105 cm³/mol. The van der Waals surface area contributed by atoms with Crippen molar-refractivity contribution in [3.63, 3.8) is 0 Å². The second-order valence-corrected chi connectivity index (χ2v) is 7.45. The summed E-state index contributed by atoms with van der Waals surface area (Å²) in [7, 11) is 0. The third kappa shape index (κ3) is 3.23. The van der Waals surface area contributed by atoms with Crippen molar-refractivity contribution in [1.82, 2.24) is 9.80 Å². The number of hydrogen-bond donors (Lipinski definition) is 0. The van der Waals surface area contributed by atoms with Gasteiger partial charge in [0, 0.05) is 32.2 Å². The molecule has 2 aromatic carbocycles. The molecule has 5 heteroatoms. The van der Waals surface area contributed by atoms with E-state index in [0.717, 1.165) is 38.2 Å². The van der Waals surface area contributed by atoms with Crippen LogP contribution in [0.25, 0.3) is 0 Å². The van der Waals surface area contributed by atoms with Crippen LogP contribution in [0, 0.1) is 0 Å². The highest BCUT2D eigenvalue weighted by Gasteiger charge is 2.54. The zero-order chi connectivity index (χ0) is 18.9. The lowest BCUT2D eigenvalue weighted by molar-refractivity contribution is -0.143. The number of hydrogen-bond acceptors (Lipinski definition) is 4. The van der Waals surface area contributed by atoms with Gasteiger partial charge in [-0.3, -0.25) is 19.4 Å². The number of piperidine rings is 1. The predicted octanol–water partition coefficient (Wildman–Crippen LogP) is 2.87. The summed E-state index contributed by atoms with van der Waals surface area (Å²) in [6, 6.07) is 20.4. The van der Waals surface area contributed by atoms with E-state index in [2.05, 4.69) is 34.1 Å². The third-order valence-corrected chi connectivity index (χ3v) is 5.82. The summed E-state index contributed by atoms with van der Waals surface area (Å²) in [5.74, 6) is -0.220. The fourth-order valence-electron chi connectivity index (χ4n) is 4.29. The molecule has 4 rings (SSSR count). The van der Waals surface area contributed by atoms with E-state index in [4.69, 9.17) is 0 Å². The topological polar surface area (TPSA) is 43.9 Å². The van der Waals surface area contributed by atoms with E-state index >= 15 is 0 Å². The van der Waals surface area contributed by atoms with Crippen LogP contribution in [0.1, 0.15) is 25.3 Å². The molecule has 0 bridgehead atoms. The summed E-state index contributed by atoms with van der Waals surface area (Å²) in [5, 5.41) is 0. The minimum absolute atomic E-state index is 0.0433. The van der Waals surface area contributed by atoms with Crippen LogP contribution < -0.4 is 4.90 Å². The van der Waals surface area contributed by atoms with E-state index in [1.54, 1.807) is 0 Å². The van der Waals surface area contributed by atoms with Crippen molar-refractivity contribution in [3.05, 3.63) is 66.2 Å². The average Bonchev–Trinajstić information content (AvgIpc) is 2.98. The highest BCUT2D eigenvalue weighted by atomic mass is 16.2. The first-order valence-corrected chi connectivity index (χ1v) is 9.52. The third-order valence-electron chi connectivity index (χ3n) is 5.82. The van der Waals surface area contributed by atoms with Crippen molar-refractivity contribution >= 4 is 17.5 Å². The van der Waals surface area contributed by atoms with Crippen LogP contribution in [0.3, 0.4) is 0 Å². The van der Waals surface area contributed by atoms with Gasteiger partial charge in [-0.1, -0.05) is 48.5 Å². The number of amides is 2. The van der Waals surface area contributed by atoms with Crippen LogP contribution in [-0.4, -0.2) is 46.9 Å². The van der Waals surface area contributed by atoms with E-state index in [1.807, 2.05) is 36.4 Å². The molecule has 2 aromatic rings. The molecule has 0 N–H and O–H groups in total. The second kappa shape index (κ2) is 7.16. The molecule has 2 saturated heterocycles. The lowest BCUT2D eigenvalue weighted by atomic mass is 9.85. The first kappa shape index (κ1) is 17.7. The molecule has 2 fully saturated rings. The normalized spacial score (nSPS) is 19.7. The van der Waals surface area contributed by atoms with Crippen molar-refractivity contribution in [1.29, 1.82) is 0 Å². The Morgan fingerprint density at radius 3 is 2.15 bits per heavy atom. The van der Waals surface area contributed by atoms with Gasteiger partial charge >= 0.3 is 0 Å². The number of likely N-dealkylation sites (tertiary alicyclic amines) is 1. The average molecular weight is 363 g/mol. The van der Waals surface area contributed by atoms with Gasteiger partial charge in [-0.05, 0) is 30.5 Å². The number of anilines is 1. The Hall–Kier alpha value is -2.66. The van der Waals surface area contributed by atoms with Crippen LogP contribution in [0.15, 0.2) is 60.7 Å². The molecule has 140 valence electrons. The monoisotopic (exact) mass is 363 g/mol. The Bertz CT molecular complexity index is 814. The van der Waals surface area contributed by atoms with Gasteiger partial charge in [0.2, 0.25) is 5.91 Å². The van der Waals surface area contributed by atoms with Crippen molar-refractivity contribution in [3.8, 4) is 0 Å². The van der Waals surface area contributed by atoms with Gasteiger partial charge in [0.15, 0.2) is 0 Å². The number of imide groups is 1. The number of para-hydroxylation sites is 1. The molecule has 2 heterocycles. The van der Waals surface area contributed by atoms with Crippen molar-refractivity contribution in [2.45, 2.75) is 31.8 Å². The number of carbonyl (C=O) groups excluding carboxylic acids is 2. The van der Waals surface area contributed by atoms with Gasteiger partial charge in [0.25, 0.3) is 5.91 Å². The number of rotatable bonds is 3. The van der Waals surface area contributed by atoms with Gasteiger partial charge < -0.3 is 4.90 Å².